The average molecular weight is 690 g/mol. The summed E-state index contributed by atoms with van der Waals surface area (Å²) in [6.07, 6.45) is 1.86. The lowest BCUT2D eigenvalue weighted by Gasteiger charge is -2.34. The van der Waals surface area contributed by atoms with E-state index in [0.29, 0.717) is 5.82 Å². The number of aryl methyl sites for hydroxylation is 1. The van der Waals surface area contributed by atoms with E-state index in [4.69, 9.17) is 9.97 Å². The number of hydrogen-bond donors (Lipinski definition) is 0. The third-order valence-electron chi connectivity index (χ3n) is 11.0. The Hall–Kier alpha value is -6.97. The Morgan fingerprint density at radius 2 is 1.04 bits per heavy atom. The lowest BCUT2D eigenvalue weighted by Crippen LogP contribution is -2.28. The Balaban J connectivity index is 1.27. The Labute approximate surface area is 315 Å². The smallest absolute Gasteiger partial charge is 0.161 e. The first-order valence-electron chi connectivity index (χ1n) is 18.4. The van der Waals surface area contributed by atoms with Gasteiger partial charge in [-0.25, -0.2) is 9.97 Å². The summed E-state index contributed by atoms with van der Waals surface area (Å²) in [7, 11) is 0. The predicted octanol–water partition coefficient (Wildman–Crippen LogP) is 12.4. The lowest BCUT2D eigenvalue weighted by molar-refractivity contribution is 0.769. The summed E-state index contributed by atoms with van der Waals surface area (Å²) in [6, 6.07) is 67.3. The van der Waals surface area contributed by atoms with E-state index in [9.17, 15) is 0 Å². The SMILES string of the molecule is Cc1ncccc1-c1cccc(C2(c3ccccc3)c3ccccc3-c3c(-c4cc(-c5ccccc5)nc(-c5cccc6ccccc56)n4)cccc32)c1. The molecule has 2 aromatic heterocycles. The molecule has 0 aliphatic heterocycles. The van der Waals surface area contributed by atoms with Crippen LogP contribution < -0.4 is 0 Å². The van der Waals surface area contributed by atoms with Crippen molar-refractivity contribution in [1.29, 1.82) is 0 Å². The van der Waals surface area contributed by atoms with Crippen LogP contribution in [0.2, 0.25) is 0 Å². The van der Waals surface area contributed by atoms with Gasteiger partial charge in [-0.2, -0.15) is 0 Å². The Morgan fingerprint density at radius 3 is 1.91 bits per heavy atom. The van der Waals surface area contributed by atoms with Crippen LogP contribution in [0.5, 0.6) is 0 Å². The first kappa shape index (κ1) is 31.7. The van der Waals surface area contributed by atoms with Crippen molar-refractivity contribution in [1.82, 2.24) is 15.0 Å². The van der Waals surface area contributed by atoms with Crippen LogP contribution in [0.3, 0.4) is 0 Å². The van der Waals surface area contributed by atoms with Gasteiger partial charge >= 0.3 is 0 Å². The maximum absolute atomic E-state index is 5.44. The summed E-state index contributed by atoms with van der Waals surface area (Å²) >= 11 is 0. The van der Waals surface area contributed by atoms with E-state index >= 15 is 0 Å². The van der Waals surface area contributed by atoms with Gasteiger partial charge in [0.2, 0.25) is 0 Å². The van der Waals surface area contributed by atoms with E-state index < -0.39 is 5.41 Å². The van der Waals surface area contributed by atoms with Gasteiger partial charge in [-0.3, -0.25) is 4.98 Å². The molecule has 0 bridgehead atoms. The summed E-state index contributed by atoms with van der Waals surface area (Å²) in [5.74, 6) is 0.709. The van der Waals surface area contributed by atoms with Gasteiger partial charge in [-0.1, -0.05) is 170 Å². The minimum atomic E-state index is -0.580. The van der Waals surface area contributed by atoms with E-state index in [0.717, 1.165) is 55.7 Å². The molecular weight excluding hydrogens is 655 g/mol. The minimum Gasteiger partial charge on any atom is -0.261 e. The van der Waals surface area contributed by atoms with E-state index in [1.807, 2.05) is 18.3 Å². The van der Waals surface area contributed by atoms with Gasteiger partial charge in [0.25, 0.3) is 0 Å². The second-order valence-electron chi connectivity index (χ2n) is 14.0. The monoisotopic (exact) mass is 689 g/mol. The van der Waals surface area contributed by atoms with Crippen LogP contribution in [0.25, 0.3) is 66.9 Å². The van der Waals surface area contributed by atoms with E-state index in [1.165, 1.54) is 33.4 Å². The first-order chi connectivity index (χ1) is 26.7. The summed E-state index contributed by atoms with van der Waals surface area (Å²) in [5, 5.41) is 2.29. The Kier molecular flexibility index (Phi) is 7.59. The van der Waals surface area contributed by atoms with E-state index in [1.54, 1.807) is 0 Å². The zero-order chi connectivity index (χ0) is 36.1. The molecule has 1 aliphatic carbocycles. The minimum absolute atomic E-state index is 0.580. The van der Waals surface area contributed by atoms with Gasteiger partial charge in [0.05, 0.1) is 16.8 Å². The summed E-state index contributed by atoms with van der Waals surface area (Å²) in [5.41, 5.74) is 15.0. The summed E-state index contributed by atoms with van der Waals surface area (Å²) in [4.78, 5) is 15.3. The number of hydrogen-bond acceptors (Lipinski definition) is 3. The standard InChI is InChI=1S/C51H35N3/c1-34-40(28-15-31-52-34)37-20-12-23-39(32-37)51(38-21-6-3-7-22-38)45-29-11-10-25-43(45)49-44(27-14-30-46(49)51)48-33-47(36-17-4-2-5-18-36)53-50(54-48)42-26-13-19-35-16-8-9-24-41(35)42/h2-33H,1H3. The van der Waals surface area contributed by atoms with Crippen LogP contribution in [0.15, 0.2) is 194 Å². The van der Waals surface area contributed by atoms with Crippen molar-refractivity contribution in [3.05, 3.63) is 222 Å². The molecule has 2 heterocycles. The topological polar surface area (TPSA) is 38.7 Å². The number of nitrogens with zero attached hydrogens (tertiary/aromatic N) is 3. The highest BCUT2D eigenvalue weighted by Crippen LogP contribution is 2.58. The van der Waals surface area contributed by atoms with Gasteiger partial charge in [0.15, 0.2) is 5.82 Å². The normalized spacial score (nSPS) is 14.5. The molecule has 0 spiro atoms. The molecule has 0 saturated heterocycles. The van der Waals surface area contributed by atoms with Crippen molar-refractivity contribution in [2.45, 2.75) is 12.3 Å². The van der Waals surface area contributed by atoms with Crippen LogP contribution in [0.1, 0.15) is 27.9 Å². The zero-order valence-corrected chi connectivity index (χ0v) is 29.8. The highest BCUT2D eigenvalue weighted by Gasteiger charge is 2.47. The van der Waals surface area contributed by atoms with Crippen LogP contribution in [0, 0.1) is 6.92 Å². The molecule has 0 N–H and O–H groups in total. The fraction of sp³-hybridized carbons (Fsp3) is 0.0392. The zero-order valence-electron chi connectivity index (χ0n) is 29.8. The van der Waals surface area contributed by atoms with Crippen molar-refractivity contribution in [2.24, 2.45) is 0 Å². The van der Waals surface area contributed by atoms with Crippen molar-refractivity contribution in [3.8, 4) is 56.2 Å². The number of fused-ring (bicyclic) bond motifs is 4. The van der Waals surface area contributed by atoms with Gasteiger partial charge in [0, 0.05) is 34.1 Å². The fourth-order valence-corrected chi connectivity index (χ4v) is 8.61. The third kappa shape index (κ3) is 5.01. The van der Waals surface area contributed by atoms with Gasteiger partial charge < -0.3 is 0 Å². The predicted molar refractivity (Wildman–Crippen MR) is 221 cm³/mol. The van der Waals surface area contributed by atoms with Crippen LogP contribution in [-0.4, -0.2) is 15.0 Å². The molecule has 0 amide bonds. The third-order valence-corrected chi connectivity index (χ3v) is 11.0. The van der Waals surface area contributed by atoms with Gasteiger partial charge in [-0.15, -0.1) is 0 Å². The second kappa shape index (κ2) is 12.9. The quantitative estimate of drug-likeness (QED) is 0.174. The molecule has 1 aliphatic rings. The molecule has 1 unspecified atom stereocenters. The summed E-state index contributed by atoms with van der Waals surface area (Å²) in [6.45, 7) is 2.08. The molecule has 254 valence electrons. The maximum atomic E-state index is 5.44. The van der Waals surface area contributed by atoms with Crippen LogP contribution >= 0.6 is 0 Å². The Morgan fingerprint density at radius 1 is 0.426 bits per heavy atom. The molecular formula is C51H35N3. The average Bonchev–Trinajstić information content (AvgIpc) is 3.55. The molecule has 0 radical (unpaired) electrons. The number of rotatable bonds is 6. The summed E-state index contributed by atoms with van der Waals surface area (Å²) < 4.78 is 0. The first-order valence-corrected chi connectivity index (χ1v) is 18.4. The number of aromatic nitrogens is 3. The maximum Gasteiger partial charge on any atom is 0.161 e. The second-order valence-corrected chi connectivity index (χ2v) is 14.0. The van der Waals surface area contributed by atoms with Crippen molar-refractivity contribution < 1.29 is 0 Å². The highest BCUT2D eigenvalue weighted by atomic mass is 14.9. The molecule has 3 heteroatoms. The van der Waals surface area contributed by atoms with Crippen molar-refractivity contribution >= 4 is 10.8 Å². The fourth-order valence-electron chi connectivity index (χ4n) is 8.61. The largest absolute Gasteiger partial charge is 0.261 e. The molecule has 0 saturated carbocycles. The van der Waals surface area contributed by atoms with Crippen molar-refractivity contribution in [2.75, 3.05) is 0 Å². The molecule has 3 nitrogen and oxygen atoms in total. The van der Waals surface area contributed by atoms with Crippen LogP contribution in [0.4, 0.5) is 0 Å². The molecule has 10 rings (SSSR count). The highest BCUT2D eigenvalue weighted by molar-refractivity contribution is 5.98. The number of benzene rings is 7. The van der Waals surface area contributed by atoms with E-state index in [-0.39, 0.29) is 0 Å². The number of pyridine rings is 1. The molecule has 9 aromatic rings. The lowest BCUT2D eigenvalue weighted by atomic mass is 9.67. The van der Waals surface area contributed by atoms with E-state index in [2.05, 4.69) is 188 Å². The van der Waals surface area contributed by atoms with Crippen LogP contribution in [-0.2, 0) is 5.41 Å². The molecule has 54 heavy (non-hydrogen) atoms. The van der Waals surface area contributed by atoms with Gasteiger partial charge in [0.1, 0.15) is 0 Å². The Bertz CT molecular complexity index is 2840. The van der Waals surface area contributed by atoms with Gasteiger partial charge in [-0.05, 0) is 74.8 Å². The van der Waals surface area contributed by atoms with Crippen molar-refractivity contribution in [3.63, 3.8) is 0 Å². The molecule has 0 fully saturated rings. The molecule has 1 atom stereocenters. The molecule has 7 aromatic carbocycles.